The van der Waals surface area contributed by atoms with Crippen LogP contribution in [0.2, 0.25) is 0 Å². The lowest BCUT2D eigenvalue weighted by molar-refractivity contribution is 0.102. The highest BCUT2D eigenvalue weighted by Gasteiger charge is 2.20. The Labute approximate surface area is 181 Å². The van der Waals surface area contributed by atoms with Crippen LogP contribution in [-0.2, 0) is 10.0 Å². The maximum absolute atomic E-state index is 12.9. The van der Waals surface area contributed by atoms with Crippen LogP contribution in [0.15, 0.2) is 70.4 Å². The van der Waals surface area contributed by atoms with Gasteiger partial charge in [-0.15, -0.1) is 0 Å². The van der Waals surface area contributed by atoms with E-state index in [1.807, 2.05) is 0 Å². The lowest BCUT2D eigenvalue weighted by Gasteiger charge is -2.13. The molecule has 4 N–H and O–H groups in total. The van der Waals surface area contributed by atoms with Crippen molar-refractivity contribution in [2.75, 3.05) is 16.8 Å². The molecule has 0 unspecified atom stereocenters. The van der Waals surface area contributed by atoms with Gasteiger partial charge in [-0.1, -0.05) is 12.1 Å². The van der Waals surface area contributed by atoms with Gasteiger partial charge in [0.25, 0.3) is 15.9 Å². The van der Waals surface area contributed by atoms with Crippen molar-refractivity contribution in [3.63, 3.8) is 0 Å². The third-order valence-electron chi connectivity index (χ3n) is 4.84. The molecule has 32 heavy (non-hydrogen) atoms. The second kappa shape index (κ2) is 7.46. The van der Waals surface area contributed by atoms with E-state index < -0.39 is 21.6 Å². The van der Waals surface area contributed by atoms with Gasteiger partial charge in [0.1, 0.15) is 0 Å². The van der Waals surface area contributed by atoms with E-state index in [0.717, 1.165) is 0 Å². The molecule has 1 amide bonds. The Bertz CT molecular complexity index is 1520. The number of carbonyl (C=O) groups is 1. The minimum Gasteiger partial charge on any atom is -0.454 e. The summed E-state index contributed by atoms with van der Waals surface area (Å²) in [5.74, 6) is 0.583. The number of para-hydroxylation sites is 1. The van der Waals surface area contributed by atoms with Gasteiger partial charge in [0.2, 0.25) is 6.79 Å². The van der Waals surface area contributed by atoms with Crippen LogP contribution in [-0.4, -0.2) is 31.1 Å². The Balaban J connectivity index is 1.42. The maximum Gasteiger partial charge on any atom is 0.323 e. The maximum atomic E-state index is 12.9. The number of H-pyrrole nitrogens is 2. The number of aromatic nitrogens is 2. The molecule has 1 aromatic heterocycles. The fourth-order valence-corrected chi connectivity index (χ4v) is 4.43. The zero-order valence-electron chi connectivity index (χ0n) is 16.3. The van der Waals surface area contributed by atoms with E-state index in [1.165, 1.54) is 30.3 Å². The van der Waals surface area contributed by atoms with E-state index in [2.05, 4.69) is 20.0 Å². The molecule has 5 rings (SSSR count). The van der Waals surface area contributed by atoms with Crippen LogP contribution in [0.5, 0.6) is 11.5 Å². The zero-order chi connectivity index (χ0) is 22.3. The molecule has 3 aromatic carbocycles. The number of nitrogens with one attached hydrogen (secondary N) is 4. The van der Waals surface area contributed by atoms with Crippen LogP contribution in [0.25, 0.3) is 11.0 Å². The first-order valence-electron chi connectivity index (χ1n) is 9.44. The van der Waals surface area contributed by atoms with Crippen LogP contribution >= 0.6 is 0 Å². The van der Waals surface area contributed by atoms with Crippen LogP contribution in [0.1, 0.15) is 10.4 Å². The summed E-state index contributed by atoms with van der Waals surface area (Å²) in [5, 5.41) is 2.73. The number of imidazole rings is 1. The highest BCUT2D eigenvalue weighted by atomic mass is 32.2. The highest BCUT2D eigenvalue weighted by Crippen LogP contribution is 2.34. The molecular formula is C21H16N4O6S. The molecule has 0 aliphatic carbocycles. The van der Waals surface area contributed by atoms with Gasteiger partial charge in [-0.25, -0.2) is 13.2 Å². The fourth-order valence-electron chi connectivity index (χ4n) is 3.33. The van der Waals surface area contributed by atoms with Gasteiger partial charge in [0.15, 0.2) is 11.5 Å². The quantitative estimate of drug-likeness (QED) is 0.367. The van der Waals surface area contributed by atoms with Crippen LogP contribution in [0.4, 0.5) is 11.4 Å². The number of benzene rings is 3. The van der Waals surface area contributed by atoms with Crippen molar-refractivity contribution in [2.24, 2.45) is 0 Å². The van der Waals surface area contributed by atoms with E-state index in [-0.39, 0.29) is 22.9 Å². The summed E-state index contributed by atoms with van der Waals surface area (Å²) < 4.78 is 38.9. The van der Waals surface area contributed by atoms with E-state index in [4.69, 9.17) is 9.47 Å². The Morgan fingerprint density at radius 3 is 2.56 bits per heavy atom. The third kappa shape index (κ3) is 3.65. The molecule has 162 valence electrons. The average molecular weight is 452 g/mol. The molecule has 1 aliphatic heterocycles. The number of hydrogen-bond acceptors (Lipinski definition) is 6. The number of hydrogen-bond donors (Lipinski definition) is 4. The molecule has 4 aromatic rings. The number of amides is 1. The topological polar surface area (TPSA) is 142 Å². The smallest absolute Gasteiger partial charge is 0.323 e. The monoisotopic (exact) mass is 452 g/mol. The molecule has 0 saturated carbocycles. The van der Waals surface area contributed by atoms with Gasteiger partial charge in [-0.05, 0) is 42.5 Å². The van der Waals surface area contributed by atoms with Crippen molar-refractivity contribution in [3.05, 3.63) is 76.7 Å². The van der Waals surface area contributed by atoms with E-state index in [9.17, 15) is 18.0 Å². The van der Waals surface area contributed by atoms with Gasteiger partial charge in [-0.3, -0.25) is 9.52 Å². The van der Waals surface area contributed by atoms with Gasteiger partial charge < -0.3 is 24.8 Å². The van der Waals surface area contributed by atoms with E-state index in [1.54, 1.807) is 30.3 Å². The van der Waals surface area contributed by atoms with Crippen molar-refractivity contribution in [2.45, 2.75) is 4.90 Å². The van der Waals surface area contributed by atoms with Crippen molar-refractivity contribution >= 4 is 38.3 Å². The summed E-state index contributed by atoms with van der Waals surface area (Å²) in [6, 6.07) is 15.4. The van der Waals surface area contributed by atoms with Gasteiger partial charge >= 0.3 is 5.69 Å². The molecule has 0 radical (unpaired) electrons. The molecule has 0 spiro atoms. The number of rotatable bonds is 5. The van der Waals surface area contributed by atoms with Crippen LogP contribution < -0.4 is 25.2 Å². The lowest BCUT2D eigenvalue weighted by atomic mass is 10.1. The summed E-state index contributed by atoms with van der Waals surface area (Å²) >= 11 is 0. The first kappa shape index (κ1) is 19.7. The van der Waals surface area contributed by atoms with Gasteiger partial charge in [0.05, 0.1) is 27.2 Å². The Hall–Kier alpha value is -4.25. The number of ether oxygens (including phenoxy) is 2. The minimum atomic E-state index is -4.03. The SMILES string of the molecule is O=C(Nc1ccc2c(c1)OCO2)c1ccccc1NS(=O)(=O)c1ccc2[nH]c(=O)[nH]c2c1. The minimum absolute atomic E-state index is 0.0637. The second-order valence-corrected chi connectivity index (χ2v) is 8.64. The Morgan fingerprint density at radius 1 is 0.906 bits per heavy atom. The summed E-state index contributed by atoms with van der Waals surface area (Å²) in [4.78, 5) is 29.3. The van der Waals surface area contributed by atoms with Crippen molar-refractivity contribution < 1.29 is 22.7 Å². The zero-order valence-corrected chi connectivity index (χ0v) is 17.2. The third-order valence-corrected chi connectivity index (χ3v) is 6.21. The highest BCUT2D eigenvalue weighted by molar-refractivity contribution is 7.92. The number of anilines is 2. The molecule has 10 nitrogen and oxygen atoms in total. The van der Waals surface area contributed by atoms with Crippen LogP contribution in [0.3, 0.4) is 0 Å². The summed E-state index contributed by atoms with van der Waals surface area (Å²) in [7, 11) is -4.03. The molecule has 0 bridgehead atoms. The molecule has 2 heterocycles. The molecule has 0 saturated heterocycles. The van der Waals surface area contributed by atoms with Gasteiger partial charge in [0, 0.05) is 11.8 Å². The molecule has 0 fully saturated rings. The summed E-state index contributed by atoms with van der Waals surface area (Å²) in [6.07, 6.45) is 0. The van der Waals surface area contributed by atoms with E-state index in [0.29, 0.717) is 28.2 Å². The first-order chi connectivity index (χ1) is 15.4. The number of carbonyl (C=O) groups excluding carboxylic acids is 1. The molecule has 0 atom stereocenters. The van der Waals surface area contributed by atoms with E-state index >= 15 is 0 Å². The standard InChI is InChI=1S/C21H16N4O6S/c26-20(22-12-5-8-18-19(9-12)31-11-30-18)14-3-1-2-4-15(14)25-32(28,29)13-6-7-16-17(10-13)24-21(27)23-16/h1-10,25H,11H2,(H,22,26)(H2,23,24,27). The molecular weight excluding hydrogens is 436 g/mol. The fraction of sp³-hybridized carbons (Fsp3) is 0.0476. The predicted molar refractivity (Wildman–Crippen MR) is 117 cm³/mol. The average Bonchev–Trinajstić information content (AvgIpc) is 3.38. The van der Waals surface area contributed by atoms with Gasteiger partial charge in [-0.2, -0.15) is 0 Å². The Kier molecular flexibility index (Phi) is 4.59. The van der Waals surface area contributed by atoms with Crippen LogP contribution in [0, 0.1) is 0 Å². The first-order valence-corrected chi connectivity index (χ1v) is 10.9. The second-order valence-electron chi connectivity index (χ2n) is 6.96. The molecule has 11 heteroatoms. The lowest BCUT2D eigenvalue weighted by Crippen LogP contribution is -2.18. The van der Waals surface area contributed by atoms with Crippen molar-refractivity contribution in [1.82, 2.24) is 9.97 Å². The van der Waals surface area contributed by atoms with Crippen molar-refractivity contribution in [3.8, 4) is 11.5 Å². The largest absolute Gasteiger partial charge is 0.454 e. The number of sulfonamides is 1. The normalized spacial score (nSPS) is 12.6. The summed E-state index contributed by atoms with van der Waals surface area (Å²) in [5.41, 5.74) is 1.11. The predicted octanol–water partition coefficient (Wildman–Crippen LogP) is 2.64. The van der Waals surface area contributed by atoms with Crippen molar-refractivity contribution in [1.29, 1.82) is 0 Å². The summed E-state index contributed by atoms with van der Waals surface area (Å²) in [6.45, 7) is 0.111. The Morgan fingerprint density at radius 2 is 1.69 bits per heavy atom. The molecule has 1 aliphatic rings. The number of fused-ring (bicyclic) bond motifs is 2. The number of aromatic amines is 2.